The Hall–Kier alpha value is -2.47. The first kappa shape index (κ1) is 21.8. The summed E-state index contributed by atoms with van der Waals surface area (Å²) in [6.45, 7) is 9.34. The minimum Gasteiger partial charge on any atom is -0.494 e. The van der Waals surface area contributed by atoms with Crippen LogP contribution in [0.4, 0.5) is 5.69 Å². The van der Waals surface area contributed by atoms with Crippen LogP contribution in [0.25, 0.3) is 11.0 Å². The number of fused-ring (bicyclic) bond motifs is 3. The summed E-state index contributed by atoms with van der Waals surface area (Å²) >= 11 is 0. The van der Waals surface area contributed by atoms with E-state index in [9.17, 15) is 8.42 Å². The van der Waals surface area contributed by atoms with Crippen LogP contribution in [0.1, 0.15) is 51.9 Å². The van der Waals surface area contributed by atoms with E-state index in [-0.39, 0.29) is 10.3 Å². The average molecular weight is 442 g/mol. The smallest absolute Gasteiger partial charge is 0.261 e. The molecule has 0 amide bonds. The highest BCUT2D eigenvalue weighted by Crippen LogP contribution is 2.43. The van der Waals surface area contributed by atoms with Crippen molar-refractivity contribution in [2.45, 2.75) is 58.3 Å². The van der Waals surface area contributed by atoms with Gasteiger partial charge in [-0.2, -0.15) is 0 Å². The molecule has 1 aliphatic carbocycles. The summed E-state index contributed by atoms with van der Waals surface area (Å²) in [5.74, 6) is 2.29. The first-order valence-corrected chi connectivity index (χ1v) is 12.5. The van der Waals surface area contributed by atoms with Gasteiger partial charge in [-0.3, -0.25) is 4.72 Å². The van der Waals surface area contributed by atoms with Crippen molar-refractivity contribution in [1.29, 1.82) is 0 Å². The Labute approximate surface area is 184 Å². The average Bonchev–Trinajstić information content (AvgIpc) is 3.11. The van der Waals surface area contributed by atoms with E-state index < -0.39 is 10.0 Å². The number of rotatable bonds is 7. The number of hydrogen-bond acceptors (Lipinski definition) is 4. The minimum absolute atomic E-state index is 0.204. The van der Waals surface area contributed by atoms with Gasteiger partial charge in [0.15, 0.2) is 0 Å². The maximum absolute atomic E-state index is 12.9. The molecule has 0 aliphatic heterocycles. The Morgan fingerprint density at radius 2 is 1.87 bits per heavy atom. The number of furan rings is 1. The second-order valence-electron chi connectivity index (χ2n) is 9.01. The van der Waals surface area contributed by atoms with Crippen LogP contribution in [-0.2, 0) is 22.9 Å². The first-order valence-electron chi connectivity index (χ1n) is 11.0. The molecular weight excluding hydrogens is 410 g/mol. The molecule has 0 spiro atoms. The molecule has 1 aromatic heterocycles. The summed E-state index contributed by atoms with van der Waals surface area (Å²) in [5, 5.41) is 1.01. The van der Waals surface area contributed by atoms with E-state index in [1.54, 1.807) is 30.3 Å². The van der Waals surface area contributed by atoms with Gasteiger partial charge < -0.3 is 9.15 Å². The molecule has 1 aliphatic rings. The molecule has 0 fully saturated rings. The lowest BCUT2D eigenvalue weighted by Crippen LogP contribution is -2.28. The highest BCUT2D eigenvalue weighted by molar-refractivity contribution is 7.92. The molecule has 1 atom stereocenters. The van der Waals surface area contributed by atoms with Crippen molar-refractivity contribution in [2.24, 2.45) is 11.3 Å². The van der Waals surface area contributed by atoms with Crippen molar-refractivity contribution in [3.05, 3.63) is 53.8 Å². The summed E-state index contributed by atoms with van der Waals surface area (Å²) in [5.41, 5.74) is 2.87. The van der Waals surface area contributed by atoms with E-state index >= 15 is 0 Å². The molecule has 2 aromatic carbocycles. The highest BCUT2D eigenvalue weighted by atomic mass is 32.2. The van der Waals surface area contributed by atoms with E-state index in [1.807, 2.05) is 19.1 Å². The lowest BCUT2D eigenvalue weighted by atomic mass is 9.69. The quantitative estimate of drug-likeness (QED) is 0.476. The molecule has 4 rings (SSSR count). The number of benzene rings is 2. The maximum atomic E-state index is 12.9. The number of aryl methyl sites for hydroxylation is 1. The number of ether oxygens (including phenoxy) is 1. The molecule has 31 heavy (non-hydrogen) atoms. The van der Waals surface area contributed by atoms with E-state index in [0.29, 0.717) is 24.0 Å². The second kappa shape index (κ2) is 8.23. The minimum atomic E-state index is -3.69. The highest BCUT2D eigenvalue weighted by Gasteiger charge is 2.33. The largest absolute Gasteiger partial charge is 0.494 e. The molecule has 0 radical (unpaired) electrons. The third-order valence-electron chi connectivity index (χ3n) is 6.76. The van der Waals surface area contributed by atoms with Gasteiger partial charge in [0.2, 0.25) is 0 Å². The Balaban J connectivity index is 1.62. The Kier molecular flexibility index (Phi) is 5.77. The Morgan fingerprint density at radius 1 is 1.13 bits per heavy atom. The van der Waals surface area contributed by atoms with Gasteiger partial charge >= 0.3 is 0 Å². The molecule has 166 valence electrons. The fourth-order valence-corrected chi connectivity index (χ4v) is 5.44. The summed E-state index contributed by atoms with van der Waals surface area (Å²) in [7, 11) is -3.69. The van der Waals surface area contributed by atoms with Crippen LogP contribution in [0.5, 0.6) is 5.75 Å². The first-order chi connectivity index (χ1) is 14.7. The van der Waals surface area contributed by atoms with Crippen molar-refractivity contribution in [1.82, 2.24) is 0 Å². The summed E-state index contributed by atoms with van der Waals surface area (Å²) in [4.78, 5) is 0.204. The molecule has 0 saturated carbocycles. The van der Waals surface area contributed by atoms with Crippen LogP contribution in [0.2, 0.25) is 0 Å². The van der Waals surface area contributed by atoms with Crippen LogP contribution in [-0.4, -0.2) is 15.0 Å². The molecule has 5 nitrogen and oxygen atoms in total. The zero-order valence-electron chi connectivity index (χ0n) is 18.7. The standard InChI is InChI=1S/C25H31NO4S/c1-5-25(3,4)17-7-13-23-21(15-17)22-16-18(8-14-24(22)30-23)26-31(27,28)20-11-9-19(10-12-20)29-6-2/h8-12,14,16-17,26H,5-7,13,15H2,1-4H3/t17-/m0/s1. The second-order valence-corrected chi connectivity index (χ2v) is 10.7. The van der Waals surface area contributed by atoms with Crippen LogP contribution in [0, 0.1) is 11.3 Å². The van der Waals surface area contributed by atoms with Crippen LogP contribution in [0.15, 0.2) is 51.8 Å². The van der Waals surface area contributed by atoms with Crippen molar-refractivity contribution in [3.8, 4) is 5.75 Å². The Morgan fingerprint density at radius 3 is 2.55 bits per heavy atom. The van der Waals surface area contributed by atoms with E-state index in [1.165, 1.54) is 5.56 Å². The number of anilines is 1. The molecule has 0 bridgehead atoms. The third-order valence-corrected chi connectivity index (χ3v) is 8.16. The van der Waals surface area contributed by atoms with Gasteiger partial charge in [0.1, 0.15) is 17.1 Å². The summed E-state index contributed by atoms with van der Waals surface area (Å²) in [6.07, 6.45) is 4.17. The zero-order chi connectivity index (χ0) is 22.2. The number of nitrogens with one attached hydrogen (secondary N) is 1. The van der Waals surface area contributed by atoms with Gasteiger partial charge in [-0.25, -0.2) is 8.42 Å². The summed E-state index contributed by atoms with van der Waals surface area (Å²) < 4.78 is 40.0. The maximum Gasteiger partial charge on any atom is 0.261 e. The van der Waals surface area contributed by atoms with E-state index in [4.69, 9.17) is 9.15 Å². The predicted octanol–water partition coefficient (Wildman–Crippen LogP) is 6.17. The molecule has 1 heterocycles. The van der Waals surface area contributed by atoms with Gasteiger partial charge in [0, 0.05) is 23.1 Å². The van der Waals surface area contributed by atoms with Crippen LogP contribution in [0.3, 0.4) is 0 Å². The van der Waals surface area contributed by atoms with Crippen molar-refractivity contribution in [3.63, 3.8) is 0 Å². The molecule has 0 unspecified atom stereocenters. The van der Waals surface area contributed by atoms with Crippen molar-refractivity contribution >= 4 is 26.7 Å². The molecule has 6 heteroatoms. The van der Waals surface area contributed by atoms with E-state index in [0.717, 1.165) is 42.4 Å². The summed E-state index contributed by atoms with van der Waals surface area (Å²) in [6, 6.07) is 12.0. The lowest BCUT2D eigenvalue weighted by Gasteiger charge is -2.36. The molecular formula is C25H31NO4S. The van der Waals surface area contributed by atoms with Gasteiger partial charge in [0.05, 0.1) is 11.5 Å². The van der Waals surface area contributed by atoms with Gasteiger partial charge in [0.25, 0.3) is 10.0 Å². The normalized spacial score (nSPS) is 16.8. The molecule has 3 aromatic rings. The number of sulfonamides is 1. The van der Waals surface area contributed by atoms with Crippen LogP contribution >= 0.6 is 0 Å². The fourth-order valence-electron chi connectivity index (χ4n) is 4.39. The zero-order valence-corrected chi connectivity index (χ0v) is 19.5. The van der Waals surface area contributed by atoms with Crippen LogP contribution < -0.4 is 9.46 Å². The lowest BCUT2D eigenvalue weighted by molar-refractivity contribution is 0.179. The SMILES string of the molecule is CCOc1ccc(S(=O)(=O)Nc2ccc3oc4c(c3c2)C[C@@H](C(C)(C)CC)CC4)cc1. The number of hydrogen-bond donors (Lipinski definition) is 1. The van der Waals surface area contributed by atoms with Gasteiger partial charge in [-0.05, 0) is 73.6 Å². The van der Waals surface area contributed by atoms with Gasteiger partial charge in [-0.15, -0.1) is 0 Å². The molecule has 1 N–H and O–H groups in total. The van der Waals surface area contributed by atoms with Crippen molar-refractivity contribution in [2.75, 3.05) is 11.3 Å². The van der Waals surface area contributed by atoms with Gasteiger partial charge in [-0.1, -0.05) is 27.2 Å². The monoisotopic (exact) mass is 441 g/mol. The van der Waals surface area contributed by atoms with Crippen molar-refractivity contribution < 1.29 is 17.6 Å². The topological polar surface area (TPSA) is 68.5 Å². The molecule has 0 saturated heterocycles. The Bertz CT molecular complexity index is 1180. The predicted molar refractivity (Wildman–Crippen MR) is 124 cm³/mol. The van der Waals surface area contributed by atoms with E-state index in [2.05, 4.69) is 25.5 Å². The fraction of sp³-hybridized carbons (Fsp3) is 0.440. The third kappa shape index (κ3) is 4.31.